The molecule has 3 aromatic rings. The summed E-state index contributed by atoms with van der Waals surface area (Å²) in [7, 11) is 1.77. The van der Waals surface area contributed by atoms with E-state index in [-0.39, 0.29) is 17.9 Å². The van der Waals surface area contributed by atoms with Crippen LogP contribution in [0.2, 0.25) is 0 Å². The number of likely N-dealkylation sites (tertiary alicyclic amines) is 1. The maximum atomic E-state index is 12.8. The quantitative estimate of drug-likeness (QED) is 0.765. The molecule has 142 valence electrons. The lowest BCUT2D eigenvalue weighted by molar-refractivity contribution is -0.132. The zero-order chi connectivity index (χ0) is 19.7. The largest absolute Gasteiger partial charge is 0.348 e. The van der Waals surface area contributed by atoms with Crippen LogP contribution in [0.5, 0.6) is 0 Å². The lowest BCUT2D eigenvalue weighted by Gasteiger charge is -2.30. The van der Waals surface area contributed by atoms with Gasteiger partial charge in [0.15, 0.2) is 0 Å². The Morgan fingerprint density at radius 1 is 1.14 bits per heavy atom. The fourth-order valence-corrected chi connectivity index (χ4v) is 3.62. The summed E-state index contributed by atoms with van der Waals surface area (Å²) in [6.07, 6.45) is 1.14. The van der Waals surface area contributed by atoms with E-state index in [4.69, 9.17) is 0 Å². The summed E-state index contributed by atoms with van der Waals surface area (Å²) in [5.41, 5.74) is 3.17. The molecular formula is C22H22N4O2. The molecule has 1 aliphatic heterocycles. The van der Waals surface area contributed by atoms with Gasteiger partial charge in [0.2, 0.25) is 5.91 Å². The molecule has 4 rings (SSSR count). The highest BCUT2D eigenvalue weighted by Gasteiger charge is 2.24. The number of piperidine rings is 1. The summed E-state index contributed by atoms with van der Waals surface area (Å²) >= 11 is 0. The Hall–Kier alpha value is -3.28. The van der Waals surface area contributed by atoms with Gasteiger partial charge in [-0.05, 0) is 31.5 Å². The van der Waals surface area contributed by atoms with E-state index in [1.54, 1.807) is 18.0 Å². The number of aromatic nitrogens is 2. The number of hydrogen-bond acceptors (Lipinski definition) is 4. The third-order valence-electron chi connectivity index (χ3n) is 5.08. The molecule has 2 amide bonds. The monoisotopic (exact) mass is 374 g/mol. The summed E-state index contributed by atoms with van der Waals surface area (Å²) in [6, 6.07) is 15.3. The SMILES string of the molecule is Cc1nc(-c2cccc(C(=O)N[C@H]3CCC(=O)N(C)C3)c2)c2ccccc2n1. The van der Waals surface area contributed by atoms with Crippen molar-refractivity contribution in [2.45, 2.75) is 25.8 Å². The first-order chi connectivity index (χ1) is 13.5. The van der Waals surface area contributed by atoms with E-state index < -0.39 is 0 Å². The van der Waals surface area contributed by atoms with Crippen molar-refractivity contribution >= 4 is 22.7 Å². The molecule has 6 heteroatoms. The molecule has 1 aromatic heterocycles. The second-order valence-corrected chi connectivity index (χ2v) is 7.20. The van der Waals surface area contributed by atoms with Crippen molar-refractivity contribution in [2.75, 3.05) is 13.6 Å². The summed E-state index contributed by atoms with van der Waals surface area (Å²) in [5, 5.41) is 4.00. The summed E-state index contributed by atoms with van der Waals surface area (Å²) < 4.78 is 0. The molecule has 0 spiro atoms. The molecule has 6 nitrogen and oxygen atoms in total. The normalized spacial score (nSPS) is 17.0. The number of carbonyl (C=O) groups is 2. The Morgan fingerprint density at radius 2 is 1.96 bits per heavy atom. The molecule has 2 heterocycles. The number of para-hydroxylation sites is 1. The molecule has 1 fully saturated rings. The Bertz CT molecular complexity index is 1060. The predicted molar refractivity (Wildman–Crippen MR) is 108 cm³/mol. The summed E-state index contributed by atoms with van der Waals surface area (Å²) in [5.74, 6) is 0.682. The van der Waals surface area contributed by atoms with Gasteiger partial charge < -0.3 is 10.2 Å². The molecule has 28 heavy (non-hydrogen) atoms. The highest BCUT2D eigenvalue weighted by molar-refractivity contribution is 5.98. The minimum absolute atomic E-state index is 0.0269. The van der Waals surface area contributed by atoms with Gasteiger partial charge in [0.05, 0.1) is 11.2 Å². The number of rotatable bonds is 3. The Morgan fingerprint density at radius 3 is 2.79 bits per heavy atom. The predicted octanol–water partition coefficient (Wildman–Crippen LogP) is 2.96. The van der Waals surface area contributed by atoms with E-state index in [0.29, 0.717) is 30.8 Å². The number of benzene rings is 2. The lowest BCUT2D eigenvalue weighted by Crippen LogP contribution is -2.48. The van der Waals surface area contributed by atoms with Crippen LogP contribution in [0.1, 0.15) is 29.0 Å². The Balaban J connectivity index is 1.62. The topological polar surface area (TPSA) is 75.2 Å². The summed E-state index contributed by atoms with van der Waals surface area (Å²) in [6.45, 7) is 2.41. The minimum Gasteiger partial charge on any atom is -0.348 e. The molecule has 0 radical (unpaired) electrons. The average molecular weight is 374 g/mol. The number of amides is 2. The third kappa shape index (κ3) is 3.58. The van der Waals surface area contributed by atoms with Gasteiger partial charge in [-0.25, -0.2) is 9.97 Å². The van der Waals surface area contributed by atoms with Gasteiger partial charge in [-0.15, -0.1) is 0 Å². The highest BCUT2D eigenvalue weighted by atomic mass is 16.2. The maximum Gasteiger partial charge on any atom is 0.251 e. The van der Waals surface area contributed by atoms with Crippen LogP contribution >= 0.6 is 0 Å². The van der Waals surface area contributed by atoms with Crippen LogP contribution in [0.3, 0.4) is 0 Å². The first kappa shape index (κ1) is 18.1. The number of likely N-dealkylation sites (N-methyl/N-ethyl adjacent to an activating group) is 1. The number of aryl methyl sites for hydroxylation is 1. The van der Waals surface area contributed by atoms with Crippen LogP contribution in [-0.4, -0.2) is 46.3 Å². The number of nitrogens with zero attached hydrogens (tertiary/aromatic N) is 3. The van der Waals surface area contributed by atoms with E-state index in [1.165, 1.54) is 0 Å². The maximum absolute atomic E-state index is 12.8. The number of carbonyl (C=O) groups excluding carboxylic acids is 2. The molecule has 1 aliphatic rings. The Kier molecular flexibility index (Phi) is 4.77. The minimum atomic E-state index is -0.135. The molecule has 0 unspecified atom stereocenters. The number of nitrogens with one attached hydrogen (secondary N) is 1. The lowest BCUT2D eigenvalue weighted by atomic mass is 10.0. The van der Waals surface area contributed by atoms with Crippen LogP contribution < -0.4 is 5.32 Å². The van der Waals surface area contributed by atoms with Crippen LogP contribution in [0, 0.1) is 6.92 Å². The van der Waals surface area contributed by atoms with Crippen LogP contribution in [-0.2, 0) is 4.79 Å². The van der Waals surface area contributed by atoms with E-state index in [0.717, 1.165) is 22.2 Å². The zero-order valence-electron chi connectivity index (χ0n) is 16.0. The highest BCUT2D eigenvalue weighted by Crippen LogP contribution is 2.26. The van der Waals surface area contributed by atoms with Gasteiger partial charge in [-0.3, -0.25) is 9.59 Å². The molecule has 0 saturated carbocycles. The van der Waals surface area contributed by atoms with Crippen LogP contribution in [0.4, 0.5) is 0 Å². The van der Waals surface area contributed by atoms with E-state index >= 15 is 0 Å². The number of fused-ring (bicyclic) bond motifs is 1. The van der Waals surface area contributed by atoms with E-state index in [9.17, 15) is 9.59 Å². The van der Waals surface area contributed by atoms with Crippen molar-refractivity contribution in [2.24, 2.45) is 0 Å². The zero-order valence-corrected chi connectivity index (χ0v) is 16.0. The molecule has 1 saturated heterocycles. The van der Waals surface area contributed by atoms with Crippen LogP contribution in [0.25, 0.3) is 22.2 Å². The van der Waals surface area contributed by atoms with Crippen molar-refractivity contribution in [3.63, 3.8) is 0 Å². The van der Waals surface area contributed by atoms with Crippen molar-refractivity contribution < 1.29 is 9.59 Å². The van der Waals surface area contributed by atoms with Gasteiger partial charge in [-0.2, -0.15) is 0 Å². The second-order valence-electron chi connectivity index (χ2n) is 7.20. The van der Waals surface area contributed by atoms with Gasteiger partial charge in [-0.1, -0.05) is 30.3 Å². The molecule has 1 atom stereocenters. The average Bonchev–Trinajstić information content (AvgIpc) is 2.70. The molecular weight excluding hydrogens is 352 g/mol. The van der Waals surface area contributed by atoms with Crippen molar-refractivity contribution in [3.05, 3.63) is 59.9 Å². The second kappa shape index (κ2) is 7.38. The van der Waals surface area contributed by atoms with Gasteiger partial charge in [0.25, 0.3) is 5.91 Å². The van der Waals surface area contributed by atoms with Gasteiger partial charge >= 0.3 is 0 Å². The standard InChI is InChI=1S/C22H22N4O2/c1-14-23-19-9-4-3-8-18(19)21(24-14)15-6-5-7-16(12-15)22(28)25-17-10-11-20(27)26(2)13-17/h3-9,12,17H,10-11,13H2,1-2H3,(H,25,28)/t17-/m0/s1. The first-order valence-electron chi connectivity index (χ1n) is 9.40. The van der Waals surface area contributed by atoms with E-state index in [2.05, 4.69) is 15.3 Å². The van der Waals surface area contributed by atoms with Gasteiger partial charge in [0, 0.05) is 42.6 Å². The molecule has 2 aromatic carbocycles. The van der Waals surface area contributed by atoms with Gasteiger partial charge in [0.1, 0.15) is 5.82 Å². The van der Waals surface area contributed by atoms with E-state index in [1.807, 2.05) is 49.4 Å². The fraction of sp³-hybridized carbons (Fsp3) is 0.273. The molecule has 1 N–H and O–H groups in total. The number of hydrogen-bond donors (Lipinski definition) is 1. The van der Waals surface area contributed by atoms with Crippen molar-refractivity contribution in [3.8, 4) is 11.3 Å². The Labute approximate surface area is 163 Å². The van der Waals surface area contributed by atoms with Crippen molar-refractivity contribution in [1.29, 1.82) is 0 Å². The van der Waals surface area contributed by atoms with Crippen LogP contribution in [0.15, 0.2) is 48.5 Å². The smallest absolute Gasteiger partial charge is 0.251 e. The van der Waals surface area contributed by atoms with Crippen molar-refractivity contribution in [1.82, 2.24) is 20.2 Å². The first-order valence-corrected chi connectivity index (χ1v) is 9.40. The molecule has 0 bridgehead atoms. The summed E-state index contributed by atoms with van der Waals surface area (Å²) in [4.78, 5) is 35.2. The third-order valence-corrected chi connectivity index (χ3v) is 5.08. The molecule has 0 aliphatic carbocycles. The fourth-order valence-electron chi connectivity index (χ4n) is 3.62.